The van der Waals surface area contributed by atoms with Crippen LogP contribution < -0.4 is 16.0 Å². The Morgan fingerprint density at radius 1 is 1.29 bits per heavy atom. The van der Waals surface area contributed by atoms with Gasteiger partial charge in [0.25, 0.3) is 0 Å². The molecule has 2 aliphatic rings. The third kappa shape index (κ3) is 2.71. The van der Waals surface area contributed by atoms with E-state index >= 15 is 0 Å². The fourth-order valence-electron chi connectivity index (χ4n) is 3.56. The molecule has 4 heteroatoms. The summed E-state index contributed by atoms with van der Waals surface area (Å²) < 4.78 is 0. The minimum absolute atomic E-state index is 0.0589. The second kappa shape index (κ2) is 4.93. The highest BCUT2D eigenvalue weighted by Crippen LogP contribution is 2.40. The number of carbonyl (C=O) groups is 1. The first kappa shape index (κ1) is 14.2. The van der Waals surface area contributed by atoms with E-state index in [4.69, 9.17) is 5.73 Å². The van der Waals surface area contributed by atoms with Gasteiger partial charge in [-0.25, -0.2) is 0 Å². The third-order valence-corrected chi connectivity index (χ3v) is 5.11. The standard InChI is InChI=1S/C17H25N3O/c1-17(2)6-4-12(5-7-17)20(3)15-10-14-11(8-13(15)18)9-16(21)19-14/h8,10,12H,4-7,9,18H2,1-3H3,(H,19,21). The van der Waals surface area contributed by atoms with E-state index in [1.165, 1.54) is 25.7 Å². The zero-order chi connectivity index (χ0) is 15.2. The number of hydrogen-bond donors (Lipinski definition) is 2. The minimum atomic E-state index is 0.0589. The van der Waals surface area contributed by atoms with Gasteiger partial charge in [-0.1, -0.05) is 13.8 Å². The van der Waals surface area contributed by atoms with Crippen LogP contribution in [0.1, 0.15) is 45.1 Å². The van der Waals surface area contributed by atoms with Gasteiger partial charge >= 0.3 is 0 Å². The lowest BCUT2D eigenvalue weighted by Crippen LogP contribution is -2.37. The molecule has 0 saturated heterocycles. The molecule has 0 spiro atoms. The maximum absolute atomic E-state index is 11.5. The summed E-state index contributed by atoms with van der Waals surface area (Å²) in [6.07, 6.45) is 5.35. The number of carbonyl (C=O) groups excluding carboxylic acids is 1. The minimum Gasteiger partial charge on any atom is -0.397 e. The van der Waals surface area contributed by atoms with Crippen molar-refractivity contribution in [3.8, 4) is 0 Å². The van der Waals surface area contributed by atoms with Crippen LogP contribution in [0.15, 0.2) is 12.1 Å². The summed E-state index contributed by atoms with van der Waals surface area (Å²) in [6.45, 7) is 4.70. The predicted octanol–water partition coefficient (Wildman–Crippen LogP) is 3.17. The lowest BCUT2D eigenvalue weighted by molar-refractivity contribution is -0.115. The maximum Gasteiger partial charge on any atom is 0.228 e. The highest BCUT2D eigenvalue weighted by molar-refractivity contribution is 6.00. The quantitative estimate of drug-likeness (QED) is 0.821. The first-order valence-corrected chi connectivity index (χ1v) is 7.81. The smallest absolute Gasteiger partial charge is 0.228 e. The van der Waals surface area contributed by atoms with Gasteiger partial charge < -0.3 is 16.0 Å². The van der Waals surface area contributed by atoms with Crippen molar-refractivity contribution in [3.05, 3.63) is 17.7 Å². The third-order valence-electron chi connectivity index (χ3n) is 5.11. The Kier molecular flexibility index (Phi) is 3.34. The lowest BCUT2D eigenvalue weighted by Gasteiger charge is -2.40. The predicted molar refractivity (Wildman–Crippen MR) is 87.6 cm³/mol. The molecule has 1 aliphatic heterocycles. The van der Waals surface area contributed by atoms with Crippen molar-refractivity contribution >= 4 is 23.0 Å². The molecule has 0 bridgehead atoms. The average Bonchev–Trinajstić information content (AvgIpc) is 2.76. The molecule has 3 rings (SSSR count). The van der Waals surface area contributed by atoms with Gasteiger partial charge in [0, 0.05) is 18.8 Å². The molecule has 1 heterocycles. The van der Waals surface area contributed by atoms with Gasteiger partial charge in [-0.2, -0.15) is 0 Å². The van der Waals surface area contributed by atoms with E-state index in [-0.39, 0.29) is 5.91 Å². The molecule has 0 atom stereocenters. The Labute approximate surface area is 126 Å². The van der Waals surface area contributed by atoms with E-state index < -0.39 is 0 Å². The summed E-state index contributed by atoms with van der Waals surface area (Å²) in [5, 5.41) is 2.91. The number of benzene rings is 1. The van der Waals surface area contributed by atoms with Crippen LogP contribution in [0.25, 0.3) is 0 Å². The van der Waals surface area contributed by atoms with Gasteiger partial charge in [-0.15, -0.1) is 0 Å². The van der Waals surface area contributed by atoms with Gasteiger partial charge in [-0.05, 0) is 48.8 Å². The Hall–Kier alpha value is -1.71. The van der Waals surface area contributed by atoms with Gasteiger partial charge in [-0.3, -0.25) is 4.79 Å². The molecule has 4 nitrogen and oxygen atoms in total. The molecule has 1 saturated carbocycles. The number of hydrogen-bond acceptors (Lipinski definition) is 3. The number of fused-ring (bicyclic) bond motifs is 1. The zero-order valence-corrected chi connectivity index (χ0v) is 13.2. The first-order chi connectivity index (χ1) is 9.85. The van der Waals surface area contributed by atoms with Crippen molar-refractivity contribution in [1.29, 1.82) is 0 Å². The fourth-order valence-corrected chi connectivity index (χ4v) is 3.56. The molecular weight excluding hydrogens is 262 g/mol. The van der Waals surface area contributed by atoms with E-state index in [1.54, 1.807) is 0 Å². The molecule has 0 unspecified atom stereocenters. The SMILES string of the molecule is CN(c1cc2c(cc1N)CC(=O)N2)C1CCC(C)(C)CC1. The van der Waals surface area contributed by atoms with Crippen molar-refractivity contribution in [2.45, 2.75) is 52.0 Å². The Morgan fingerprint density at radius 2 is 1.95 bits per heavy atom. The van der Waals surface area contributed by atoms with Crippen LogP contribution in [0.4, 0.5) is 17.1 Å². The van der Waals surface area contributed by atoms with Crippen molar-refractivity contribution in [1.82, 2.24) is 0 Å². The van der Waals surface area contributed by atoms with Crippen LogP contribution in [-0.4, -0.2) is 19.0 Å². The molecule has 1 amide bonds. The van der Waals surface area contributed by atoms with Crippen molar-refractivity contribution in [3.63, 3.8) is 0 Å². The van der Waals surface area contributed by atoms with E-state index in [0.29, 0.717) is 17.9 Å². The number of rotatable bonds is 2. The van der Waals surface area contributed by atoms with E-state index in [2.05, 4.69) is 31.1 Å². The van der Waals surface area contributed by atoms with E-state index in [0.717, 1.165) is 22.6 Å². The molecule has 1 aromatic carbocycles. The van der Waals surface area contributed by atoms with Crippen LogP contribution >= 0.6 is 0 Å². The molecule has 3 N–H and O–H groups in total. The number of anilines is 3. The second-order valence-corrected chi connectivity index (χ2v) is 7.30. The summed E-state index contributed by atoms with van der Waals surface area (Å²) in [5.74, 6) is 0.0589. The number of nitrogen functional groups attached to an aromatic ring is 1. The van der Waals surface area contributed by atoms with Crippen LogP contribution in [0.2, 0.25) is 0 Å². The monoisotopic (exact) mass is 287 g/mol. The summed E-state index contributed by atoms with van der Waals surface area (Å²) >= 11 is 0. The first-order valence-electron chi connectivity index (χ1n) is 7.81. The summed E-state index contributed by atoms with van der Waals surface area (Å²) in [4.78, 5) is 13.8. The van der Waals surface area contributed by atoms with Crippen LogP contribution in [0.3, 0.4) is 0 Å². The van der Waals surface area contributed by atoms with Crippen LogP contribution in [-0.2, 0) is 11.2 Å². The van der Waals surface area contributed by atoms with Gasteiger partial charge in [0.15, 0.2) is 0 Å². The van der Waals surface area contributed by atoms with Crippen molar-refractivity contribution in [2.75, 3.05) is 23.0 Å². The van der Waals surface area contributed by atoms with E-state index in [1.807, 2.05) is 12.1 Å². The molecule has 1 aliphatic carbocycles. The molecule has 21 heavy (non-hydrogen) atoms. The van der Waals surface area contributed by atoms with Gasteiger partial charge in [0.2, 0.25) is 5.91 Å². The normalized spacial score (nSPS) is 21.0. The molecule has 0 radical (unpaired) electrons. The number of nitrogens with two attached hydrogens (primary N) is 1. The number of amides is 1. The molecule has 1 aromatic rings. The summed E-state index contributed by atoms with van der Waals surface area (Å²) in [6, 6.07) is 4.52. The highest BCUT2D eigenvalue weighted by atomic mass is 16.1. The zero-order valence-electron chi connectivity index (χ0n) is 13.2. The Balaban J connectivity index is 1.81. The molecular formula is C17H25N3O. The molecule has 0 aromatic heterocycles. The molecule has 114 valence electrons. The molecule has 1 fully saturated rings. The van der Waals surface area contributed by atoms with Crippen molar-refractivity contribution in [2.24, 2.45) is 5.41 Å². The Morgan fingerprint density at radius 3 is 2.62 bits per heavy atom. The van der Waals surface area contributed by atoms with Crippen LogP contribution in [0, 0.1) is 5.41 Å². The van der Waals surface area contributed by atoms with Crippen molar-refractivity contribution < 1.29 is 4.79 Å². The number of nitrogens with one attached hydrogen (secondary N) is 1. The van der Waals surface area contributed by atoms with Gasteiger partial charge in [0.1, 0.15) is 0 Å². The topological polar surface area (TPSA) is 58.4 Å². The summed E-state index contributed by atoms with van der Waals surface area (Å²) in [7, 11) is 2.12. The largest absolute Gasteiger partial charge is 0.397 e. The van der Waals surface area contributed by atoms with E-state index in [9.17, 15) is 4.79 Å². The lowest BCUT2D eigenvalue weighted by atomic mass is 9.75. The summed E-state index contributed by atoms with van der Waals surface area (Å²) in [5.41, 5.74) is 10.4. The number of nitrogens with zero attached hydrogens (tertiary/aromatic N) is 1. The maximum atomic E-state index is 11.5. The Bertz CT molecular complexity index is 570. The second-order valence-electron chi connectivity index (χ2n) is 7.30. The fraction of sp³-hybridized carbons (Fsp3) is 0.588. The highest BCUT2D eigenvalue weighted by Gasteiger charge is 2.30. The average molecular weight is 287 g/mol. The van der Waals surface area contributed by atoms with Gasteiger partial charge in [0.05, 0.1) is 17.8 Å². The van der Waals surface area contributed by atoms with Crippen LogP contribution in [0.5, 0.6) is 0 Å².